The van der Waals surface area contributed by atoms with Crippen LogP contribution in [-0.4, -0.2) is 20.2 Å². The van der Waals surface area contributed by atoms with E-state index in [0.717, 1.165) is 20.4 Å². The number of aromatic nitrogens is 4. The molecule has 0 amide bonds. The number of halogens is 2. The topological polar surface area (TPSA) is 52.8 Å². The SMILES string of the molecule is Brc1ccc(OCc2nnnn2-c2ccc(Br)cc2)cc1. The fraction of sp³-hybridized carbons (Fsp3) is 0.0714. The summed E-state index contributed by atoms with van der Waals surface area (Å²) >= 11 is 6.79. The smallest absolute Gasteiger partial charge is 0.194 e. The average molecular weight is 410 g/mol. The molecule has 5 nitrogen and oxygen atoms in total. The van der Waals surface area contributed by atoms with Crippen LogP contribution < -0.4 is 4.74 Å². The second-order valence-corrected chi connectivity index (χ2v) is 6.06. The Kier molecular flexibility index (Phi) is 4.31. The number of benzene rings is 2. The fourth-order valence-corrected chi connectivity index (χ4v) is 2.29. The molecule has 0 radical (unpaired) electrons. The van der Waals surface area contributed by atoms with Gasteiger partial charge in [0.2, 0.25) is 0 Å². The molecule has 0 N–H and O–H groups in total. The highest BCUT2D eigenvalue weighted by atomic mass is 79.9. The van der Waals surface area contributed by atoms with Gasteiger partial charge in [-0.2, -0.15) is 4.68 Å². The highest BCUT2D eigenvalue weighted by Gasteiger charge is 2.09. The van der Waals surface area contributed by atoms with Gasteiger partial charge in [0, 0.05) is 8.95 Å². The molecule has 1 aromatic heterocycles. The van der Waals surface area contributed by atoms with E-state index in [-0.39, 0.29) is 0 Å². The van der Waals surface area contributed by atoms with Gasteiger partial charge in [-0.25, -0.2) is 0 Å². The summed E-state index contributed by atoms with van der Waals surface area (Å²) in [6, 6.07) is 15.4. The standard InChI is InChI=1S/C14H10Br2N4O/c15-10-1-5-12(6-2-10)20-14(17-18-19-20)9-21-13-7-3-11(16)4-8-13/h1-8H,9H2. The highest BCUT2D eigenvalue weighted by Crippen LogP contribution is 2.18. The van der Waals surface area contributed by atoms with Gasteiger partial charge in [-0.15, -0.1) is 5.10 Å². The predicted molar refractivity (Wildman–Crippen MR) is 85.3 cm³/mol. The quantitative estimate of drug-likeness (QED) is 0.658. The molecule has 106 valence electrons. The van der Waals surface area contributed by atoms with Crippen LogP contribution in [0, 0.1) is 0 Å². The van der Waals surface area contributed by atoms with Gasteiger partial charge in [0.1, 0.15) is 12.4 Å². The molecular formula is C14H10Br2N4O. The highest BCUT2D eigenvalue weighted by molar-refractivity contribution is 9.10. The molecule has 21 heavy (non-hydrogen) atoms. The van der Waals surface area contributed by atoms with Crippen molar-refractivity contribution in [2.24, 2.45) is 0 Å². The molecule has 0 unspecified atom stereocenters. The van der Waals surface area contributed by atoms with Gasteiger partial charge in [-0.05, 0) is 59.0 Å². The maximum absolute atomic E-state index is 5.70. The zero-order chi connectivity index (χ0) is 14.7. The lowest BCUT2D eigenvalue weighted by molar-refractivity contribution is 0.292. The molecule has 0 spiro atoms. The molecule has 0 saturated carbocycles. The van der Waals surface area contributed by atoms with Crippen LogP contribution in [0.3, 0.4) is 0 Å². The van der Waals surface area contributed by atoms with Crippen LogP contribution in [0.2, 0.25) is 0 Å². The van der Waals surface area contributed by atoms with Gasteiger partial charge in [0.05, 0.1) is 5.69 Å². The van der Waals surface area contributed by atoms with Crippen molar-refractivity contribution in [2.75, 3.05) is 0 Å². The van der Waals surface area contributed by atoms with E-state index in [2.05, 4.69) is 47.4 Å². The van der Waals surface area contributed by atoms with E-state index in [1.165, 1.54) is 0 Å². The van der Waals surface area contributed by atoms with Crippen molar-refractivity contribution in [1.82, 2.24) is 20.2 Å². The largest absolute Gasteiger partial charge is 0.486 e. The van der Waals surface area contributed by atoms with Crippen molar-refractivity contribution in [1.29, 1.82) is 0 Å². The molecule has 2 aromatic carbocycles. The number of hydrogen-bond donors (Lipinski definition) is 0. The van der Waals surface area contributed by atoms with E-state index in [4.69, 9.17) is 4.74 Å². The maximum Gasteiger partial charge on any atom is 0.194 e. The summed E-state index contributed by atoms with van der Waals surface area (Å²) < 4.78 is 9.37. The van der Waals surface area contributed by atoms with E-state index in [9.17, 15) is 0 Å². The Balaban J connectivity index is 1.76. The Labute approximate surface area is 138 Å². The zero-order valence-electron chi connectivity index (χ0n) is 10.8. The van der Waals surface area contributed by atoms with Gasteiger partial charge in [0.15, 0.2) is 5.82 Å². The first-order valence-electron chi connectivity index (χ1n) is 6.14. The third-order valence-electron chi connectivity index (χ3n) is 2.79. The van der Waals surface area contributed by atoms with Crippen LogP contribution in [-0.2, 0) is 6.61 Å². The lowest BCUT2D eigenvalue weighted by Gasteiger charge is -2.07. The van der Waals surface area contributed by atoms with E-state index >= 15 is 0 Å². The summed E-state index contributed by atoms with van der Waals surface area (Å²) in [6.07, 6.45) is 0. The first-order valence-corrected chi connectivity index (χ1v) is 7.72. The van der Waals surface area contributed by atoms with E-state index in [1.807, 2.05) is 48.5 Å². The minimum Gasteiger partial charge on any atom is -0.486 e. The van der Waals surface area contributed by atoms with Crippen molar-refractivity contribution < 1.29 is 4.74 Å². The van der Waals surface area contributed by atoms with Gasteiger partial charge in [-0.1, -0.05) is 31.9 Å². The van der Waals surface area contributed by atoms with Gasteiger partial charge in [-0.3, -0.25) is 0 Å². The molecular weight excluding hydrogens is 400 g/mol. The van der Waals surface area contributed by atoms with Crippen LogP contribution in [0.1, 0.15) is 5.82 Å². The van der Waals surface area contributed by atoms with Crippen molar-refractivity contribution in [2.45, 2.75) is 6.61 Å². The third kappa shape index (κ3) is 3.48. The summed E-state index contributed by atoms with van der Waals surface area (Å²) in [4.78, 5) is 0. The average Bonchev–Trinajstić information content (AvgIpc) is 2.96. The number of tetrazole rings is 1. The minimum atomic E-state index is 0.296. The lowest BCUT2D eigenvalue weighted by atomic mass is 10.3. The number of hydrogen-bond acceptors (Lipinski definition) is 4. The molecule has 1 heterocycles. The van der Waals surface area contributed by atoms with Gasteiger partial charge >= 0.3 is 0 Å². The van der Waals surface area contributed by atoms with Crippen LogP contribution in [0.5, 0.6) is 5.75 Å². The molecule has 0 fully saturated rings. The summed E-state index contributed by atoms with van der Waals surface area (Å²) in [6.45, 7) is 0.296. The molecule has 0 bridgehead atoms. The molecule has 0 aliphatic rings. The number of nitrogens with zero attached hydrogens (tertiary/aromatic N) is 4. The summed E-state index contributed by atoms with van der Waals surface area (Å²) in [5, 5.41) is 11.7. The van der Waals surface area contributed by atoms with Crippen LogP contribution in [0.25, 0.3) is 5.69 Å². The molecule has 0 aliphatic heterocycles. The van der Waals surface area contributed by atoms with Crippen molar-refractivity contribution in [3.05, 3.63) is 63.3 Å². The maximum atomic E-state index is 5.70. The Bertz CT molecular complexity index is 725. The van der Waals surface area contributed by atoms with Crippen molar-refractivity contribution in [3.8, 4) is 11.4 Å². The zero-order valence-corrected chi connectivity index (χ0v) is 14.0. The van der Waals surface area contributed by atoms with Crippen LogP contribution in [0.15, 0.2) is 57.5 Å². The summed E-state index contributed by atoms with van der Waals surface area (Å²) in [5.41, 5.74) is 0.887. The number of rotatable bonds is 4. The van der Waals surface area contributed by atoms with Crippen molar-refractivity contribution in [3.63, 3.8) is 0 Å². The Morgan fingerprint density at radius 1 is 0.905 bits per heavy atom. The molecule has 3 aromatic rings. The second kappa shape index (κ2) is 6.36. The van der Waals surface area contributed by atoms with E-state index < -0.39 is 0 Å². The van der Waals surface area contributed by atoms with Crippen LogP contribution in [0.4, 0.5) is 0 Å². The van der Waals surface area contributed by atoms with E-state index in [0.29, 0.717) is 12.4 Å². The summed E-state index contributed by atoms with van der Waals surface area (Å²) in [7, 11) is 0. The monoisotopic (exact) mass is 408 g/mol. The normalized spacial score (nSPS) is 10.6. The van der Waals surface area contributed by atoms with Crippen molar-refractivity contribution >= 4 is 31.9 Å². The molecule has 0 aliphatic carbocycles. The van der Waals surface area contributed by atoms with E-state index in [1.54, 1.807) is 4.68 Å². The predicted octanol–water partition coefficient (Wildman–Crippen LogP) is 3.77. The first kappa shape index (κ1) is 14.2. The Morgan fingerprint density at radius 3 is 2.19 bits per heavy atom. The minimum absolute atomic E-state index is 0.296. The molecule has 0 saturated heterocycles. The third-order valence-corrected chi connectivity index (χ3v) is 3.84. The van der Waals surface area contributed by atoms with Gasteiger partial charge < -0.3 is 4.74 Å². The Morgan fingerprint density at radius 2 is 1.52 bits per heavy atom. The first-order chi connectivity index (χ1) is 10.2. The Hall–Kier alpha value is -1.73. The van der Waals surface area contributed by atoms with Gasteiger partial charge in [0.25, 0.3) is 0 Å². The van der Waals surface area contributed by atoms with Crippen LogP contribution >= 0.6 is 31.9 Å². The lowest BCUT2D eigenvalue weighted by Crippen LogP contribution is -2.06. The second-order valence-electron chi connectivity index (χ2n) is 4.23. The fourth-order valence-electron chi connectivity index (χ4n) is 1.76. The summed E-state index contributed by atoms with van der Waals surface area (Å²) in [5.74, 6) is 1.41. The molecule has 7 heteroatoms. The number of ether oxygens (including phenoxy) is 1. The molecule has 3 rings (SSSR count). The molecule has 0 atom stereocenters.